The number of ketones is 1. The molecule has 0 saturated carbocycles. The predicted octanol–water partition coefficient (Wildman–Crippen LogP) is 6.57. The van der Waals surface area contributed by atoms with E-state index in [-0.39, 0.29) is 17.2 Å². The van der Waals surface area contributed by atoms with Gasteiger partial charge < -0.3 is 5.32 Å². The number of carbonyl (C=O) groups is 1. The molecule has 0 aromatic heterocycles. The van der Waals surface area contributed by atoms with Crippen molar-refractivity contribution in [1.82, 2.24) is 5.32 Å². The smallest absolute Gasteiger partial charge is 0.269 e. The Bertz CT molecular complexity index is 1530. The molecule has 0 spiro atoms. The number of nitrogens with one attached hydrogen (secondary N) is 1. The standard InChI is InChI=1S/C30H25N3O5/c1-30(2)18-27-28(29(34)25(30)16-19-8-12-22(13-9-19)32(35)36)24(20-10-14-23(15-11-20)33(37)38)17-26(31-27)21-6-4-3-5-7-21/h3-17,24,31H,18H2,1-2H3/b25-16+. The summed E-state index contributed by atoms with van der Waals surface area (Å²) in [5.74, 6) is -0.528. The number of dihydropyridines is 1. The fourth-order valence-electron chi connectivity index (χ4n) is 5.09. The molecule has 38 heavy (non-hydrogen) atoms. The minimum absolute atomic E-state index is 0.0142. The molecule has 2 aliphatic rings. The number of allylic oxidation sites excluding steroid dienone is 4. The van der Waals surface area contributed by atoms with E-state index in [1.807, 2.05) is 50.3 Å². The van der Waals surface area contributed by atoms with Gasteiger partial charge in [0.25, 0.3) is 11.4 Å². The van der Waals surface area contributed by atoms with Crippen LogP contribution in [0.1, 0.15) is 42.9 Å². The highest BCUT2D eigenvalue weighted by Gasteiger charge is 2.42. The molecule has 0 amide bonds. The highest BCUT2D eigenvalue weighted by molar-refractivity contribution is 6.15. The van der Waals surface area contributed by atoms with Crippen LogP contribution in [0.25, 0.3) is 11.8 Å². The Morgan fingerprint density at radius 2 is 1.45 bits per heavy atom. The van der Waals surface area contributed by atoms with Crippen LogP contribution < -0.4 is 5.32 Å². The van der Waals surface area contributed by atoms with Gasteiger partial charge in [0.05, 0.1) is 9.85 Å². The molecule has 0 radical (unpaired) electrons. The van der Waals surface area contributed by atoms with E-state index in [1.165, 1.54) is 24.3 Å². The molecule has 1 atom stereocenters. The molecule has 1 heterocycles. The van der Waals surface area contributed by atoms with Gasteiger partial charge in [0.15, 0.2) is 5.78 Å². The number of nitro benzene ring substituents is 2. The summed E-state index contributed by atoms with van der Waals surface area (Å²) in [6.07, 6.45) is 4.37. The quantitative estimate of drug-likeness (QED) is 0.237. The molecule has 3 aromatic carbocycles. The number of carbonyl (C=O) groups excluding carboxylic acids is 1. The van der Waals surface area contributed by atoms with Crippen molar-refractivity contribution < 1.29 is 14.6 Å². The summed E-state index contributed by atoms with van der Waals surface area (Å²) in [5.41, 5.74) is 4.82. The Kier molecular flexibility index (Phi) is 6.24. The molecule has 0 fully saturated rings. The molecule has 8 nitrogen and oxygen atoms in total. The second-order valence-corrected chi connectivity index (χ2v) is 10.1. The second-order valence-electron chi connectivity index (χ2n) is 10.1. The first kappa shape index (κ1) is 24.8. The summed E-state index contributed by atoms with van der Waals surface area (Å²) < 4.78 is 0. The van der Waals surface area contributed by atoms with Gasteiger partial charge in [-0.15, -0.1) is 0 Å². The van der Waals surface area contributed by atoms with Crippen LogP contribution >= 0.6 is 0 Å². The van der Waals surface area contributed by atoms with E-state index >= 15 is 0 Å². The van der Waals surface area contributed by atoms with E-state index in [9.17, 15) is 25.0 Å². The average molecular weight is 508 g/mol. The lowest BCUT2D eigenvalue weighted by Gasteiger charge is -2.40. The first-order chi connectivity index (χ1) is 18.1. The van der Waals surface area contributed by atoms with Crippen LogP contribution in [-0.4, -0.2) is 15.6 Å². The Hall–Kier alpha value is -4.85. The van der Waals surface area contributed by atoms with Crippen molar-refractivity contribution in [3.05, 3.63) is 139 Å². The number of hydrogen-bond acceptors (Lipinski definition) is 6. The summed E-state index contributed by atoms with van der Waals surface area (Å²) in [7, 11) is 0. The van der Waals surface area contributed by atoms with Crippen LogP contribution in [0, 0.1) is 25.6 Å². The van der Waals surface area contributed by atoms with Gasteiger partial charge in [-0.05, 0) is 52.8 Å². The van der Waals surface area contributed by atoms with Crippen molar-refractivity contribution >= 4 is 28.9 Å². The van der Waals surface area contributed by atoms with Gasteiger partial charge in [0.2, 0.25) is 0 Å². The number of hydrogen-bond donors (Lipinski definition) is 1. The third kappa shape index (κ3) is 4.64. The highest BCUT2D eigenvalue weighted by atomic mass is 16.6. The topological polar surface area (TPSA) is 115 Å². The third-order valence-electron chi connectivity index (χ3n) is 7.05. The SMILES string of the molecule is CC1(C)CC2=C(C(=O)/C1=C\c1ccc([N+](=O)[O-])cc1)C(c1ccc([N+](=O)[O-])cc1)C=C(c1ccccc1)N2. The second kappa shape index (κ2) is 9.55. The Morgan fingerprint density at radius 1 is 0.868 bits per heavy atom. The van der Waals surface area contributed by atoms with Gasteiger partial charge in [0.1, 0.15) is 0 Å². The molecule has 1 aliphatic carbocycles. The summed E-state index contributed by atoms with van der Waals surface area (Å²) >= 11 is 0. The summed E-state index contributed by atoms with van der Waals surface area (Å²) in [5, 5.41) is 25.8. The molecule has 5 rings (SSSR count). The molecular formula is C30H25N3O5. The number of rotatable bonds is 5. The minimum Gasteiger partial charge on any atom is -0.358 e. The highest BCUT2D eigenvalue weighted by Crippen LogP contribution is 2.48. The lowest BCUT2D eigenvalue weighted by atomic mass is 9.67. The third-order valence-corrected chi connectivity index (χ3v) is 7.05. The molecule has 0 saturated heterocycles. The van der Waals surface area contributed by atoms with E-state index in [4.69, 9.17) is 0 Å². The number of nitro groups is 2. The van der Waals surface area contributed by atoms with E-state index in [1.54, 1.807) is 30.3 Å². The lowest BCUT2D eigenvalue weighted by Crippen LogP contribution is -2.37. The van der Waals surface area contributed by atoms with E-state index in [2.05, 4.69) is 5.32 Å². The molecular weight excluding hydrogens is 482 g/mol. The van der Waals surface area contributed by atoms with Crippen LogP contribution in [0.3, 0.4) is 0 Å². The zero-order valence-electron chi connectivity index (χ0n) is 20.9. The predicted molar refractivity (Wildman–Crippen MR) is 145 cm³/mol. The number of nitrogens with zero attached hydrogens (tertiary/aromatic N) is 2. The average Bonchev–Trinajstić information content (AvgIpc) is 2.91. The van der Waals surface area contributed by atoms with Crippen LogP contribution in [-0.2, 0) is 4.79 Å². The van der Waals surface area contributed by atoms with Crippen molar-refractivity contribution in [3.8, 4) is 0 Å². The first-order valence-corrected chi connectivity index (χ1v) is 12.2. The maximum atomic E-state index is 14.1. The van der Waals surface area contributed by atoms with Crippen molar-refractivity contribution in [2.75, 3.05) is 0 Å². The number of non-ortho nitro benzene ring substituents is 2. The fraction of sp³-hybridized carbons (Fsp3) is 0.167. The zero-order chi connectivity index (χ0) is 27.0. The molecule has 0 bridgehead atoms. The molecule has 1 unspecified atom stereocenters. The van der Waals surface area contributed by atoms with Crippen molar-refractivity contribution in [2.45, 2.75) is 26.2 Å². The number of Topliss-reactive ketones (excluding diaryl/α,β-unsaturated/α-hetero) is 1. The molecule has 1 aliphatic heterocycles. The minimum atomic E-state index is -0.510. The molecule has 3 aromatic rings. The van der Waals surface area contributed by atoms with Gasteiger partial charge in [-0.25, -0.2) is 0 Å². The van der Waals surface area contributed by atoms with Crippen molar-refractivity contribution in [2.24, 2.45) is 5.41 Å². The monoisotopic (exact) mass is 507 g/mol. The van der Waals surface area contributed by atoms with Gasteiger partial charge in [-0.1, -0.05) is 56.3 Å². The first-order valence-electron chi connectivity index (χ1n) is 12.2. The molecule has 8 heteroatoms. The van der Waals surface area contributed by atoms with Crippen LogP contribution in [0.2, 0.25) is 0 Å². The summed E-state index contributed by atoms with van der Waals surface area (Å²) in [6, 6.07) is 22.3. The molecule has 1 N–H and O–H groups in total. The van der Waals surface area contributed by atoms with Crippen LogP contribution in [0.4, 0.5) is 11.4 Å². The summed E-state index contributed by atoms with van der Waals surface area (Å²) in [4.78, 5) is 35.5. The van der Waals surface area contributed by atoms with Gasteiger partial charge in [-0.3, -0.25) is 25.0 Å². The van der Waals surface area contributed by atoms with Crippen LogP contribution in [0.15, 0.2) is 102 Å². The normalized spacial score (nSPS) is 19.4. The maximum absolute atomic E-state index is 14.1. The van der Waals surface area contributed by atoms with E-state index < -0.39 is 21.2 Å². The zero-order valence-corrected chi connectivity index (χ0v) is 20.9. The van der Waals surface area contributed by atoms with E-state index in [0.29, 0.717) is 23.1 Å². The van der Waals surface area contributed by atoms with Crippen molar-refractivity contribution in [1.29, 1.82) is 0 Å². The Morgan fingerprint density at radius 3 is 2.03 bits per heavy atom. The van der Waals surface area contributed by atoms with Gasteiger partial charge in [0, 0.05) is 52.7 Å². The van der Waals surface area contributed by atoms with Gasteiger partial charge >= 0.3 is 0 Å². The largest absolute Gasteiger partial charge is 0.358 e. The van der Waals surface area contributed by atoms with Crippen molar-refractivity contribution in [3.63, 3.8) is 0 Å². The number of benzene rings is 3. The summed E-state index contributed by atoms with van der Waals surface area (Å²) in [6.45, 7) is 4.02. The molecule has 190 valence electrons. The van der Waals surface area contributed by atoms with Crippen LogP contribution in [0.5, 0.6) is 0 Å². The fourth-order valence-corrected chi connectivity index (χ4v) is 5.09. The lowest BCUT2D eigenvalue weighted by molar-refractivity contribution is -0.385. The van der Waals surface area contributed by atoms with Gasteiger partial charge in [-0.2, -0.15) is 0 Å². The Balaban J connectivity index is 1.61. The van der Waals surface area contributed by atoms with E-state index in [0.717, 1.165) is 22.5 Å². The maximum Gasteiger partial charge on any atom is 0.269 e. The Labute approximate surface area is 219 Å².